The van der Waals surface area contributed by atoms with Gasteiger partial charge in [0.05, 0.1) is 0 Å². The minimum absolute atomic E-state index is 0.0128. The van der Waals surface area contributed by atoms with Gasteiger partial charge in [-0.3, -0.25) is 9.59 Å². The molecule has 2 rings (SSSR count). The van der Waals surface area contributed by atoms with Crippen molar-refractivity contribution in [1.82, 2.24) is 10.2 Å². The van der Waals surface area contributed by atoms with Gasteiger partial charge >= 0.3 is 0 Å². The summed E-state index contributed by atoms with van der Waals surface area (Å²) < 4.78 is 0. The Bertz CT molecular complexity index is 652. The first-order valence-corrected chi connectivity index (χ1v) is 9.68. The monoisotopic (exact) mass is 376 g/mol. The third kappa shape index (κ3) is 5.87. The van der Waals surface area contributed by atoms with E-state index in [9.17, 15) is 9.59 Å². The van der Waals surface area contributed by atoms with Crippen LogP contribution in [0.2, 0.25) is 5.02 Å². The Hall–Kier alpha value is -1.81. The van der Waals surface area contributed by atoms with Gasteiger partial charge < -0.3 is 10.2 Å². The Morgan fingerprint density at radius 2 is 1.81 bits per heavy atom. The fourth-order valence-corrected chi connectivity index (χ4v) is 3.44. The number of hydrogen-bond donors (Lipinski definition) is 1. The van der Waals surface area contributed by atoms with Crippen molar-refractivity contribution in [2.75, 3.05) is 6.54 Å². The first-order valence-electron chi connectivity index (χ1n) is 9.31. The third-order valence-electron chi connectivity index (χ3n) is 4.46. The van der Waals surface area contributed by atoms with Gasteiger partial charge in [-0.2, -0.15) is 0 Å². The van der Waals surface area contributed by atoms with Crippen molar-refractivity contribution >= 4 is 29.5 Å². The number of piperazine rings is 1. The van der Waals surface area contributed by atoms with Crippen LogP contribution >= 0.6 is 11.6 Å². The molecule has 0 aromatic heterocycles. The highest BCUT2D eigenvalue weighted by Crippen LogP contribution is 2.20. The van der Waals surface area contributed by atoms with Gasteiger partial charge in [0.2, 0.25) is 11.8 Å². The van der Waals surface area contributed by atoms with Crippen molar-refractivity contribution in [3.63, 3.8) is 0 Å². The SMILES string of the molecule is CC(C)C[C@H]1CN(C(=O)/C=C/c2ccc(Cl)cc2)[C@@H](CC(C)C)C(=O)N1. The Labute approximate surface area is 161 Å². The molecule has 142 valence electrons. The third-order valence-corrected chi connectivity index (χ3v) is 4.72. The molecule has 0 unspecified atom stereocenters. The Morgan fingerprint density at radius 3 is 2.38 bits per heavy atom. The van der Waals surface area contributed by atoms with E-state index in [1.807, 2.05) is 12.1 Å². The molecule has 1 N–H and O–H groups in total. The number of nitrogens with one attached hydrogen (secondary N) is 1. The highest BCUT2D eigenvalue weighted by Gasteiger charge is 2.36. The van der Waals surface area contributed by atoms with Gasteiger partial charge in [0.15, 0.2) is 0 Å². The number of hydrogen-bond acceptors (Lipinski definition) is 2. The quantitative estimate of drug-likeness (QED) is 0.758. The highest BCUT2D eigenvalue weighted by molar-refractivity contribution is 6.30. The van der Waals surface area contributed by atoms with E-state index < -0.39 is 6.04 Å². The number of carbonyl (C=O) groups is 2. The number of carbonyl (C=O) groups excluding carboxylic acids is 2. The lowest BCUT2D eigenvalue weighted by atomic mass is 9.95. The van der Waals surface area contributed by atoms with Crippen molar-refractivity contribution in [3.05, 3.63) is 40.9 Å². The second-order valence-corrected chi connectivity index (χ2v) is 8.29. The lowest BCUT2D eigenvalue weighted by molar-refractivity contribution is -0.142. The molecule has 0 bridgehead atoms. The molecule has 4 nitrogen and oxygen atoms in total. The van der Waals surface area contributed by atoms with Crippen LogP contribution in [0.5, 0.6) is 0 Å². The summed E-state index contributed by atoms with van der Waals surface area (Å²) in [7, 11) is 0. The van der Waals surface area contributed by atoms with E-state index in [1.54, 1.807) is 29.2 Å². The van der Waals surface area contributed by atoms with Crippen molar-refractivity contribution in [2.24, 2.45) is 11.8 Å². The smallest absolute Gasteiger partial charge is 0.247 e. The molecule has 0 aliphatic carbocycles. The molecule has 1 aliphatic heterocycles. The van der Waals surface area contributed by atoms with Crippen LogP contribution in [0.25, 0.3) is 6.08 Å². The topological polar surface area (TPSA) is 49.4 Å². The van der Waals surface area contributed by atoms with Gasteiger partial charge in [-0.1, -0.05) is 51.4 Å². The van der Waals surface area contributed by atoms with E-state index in [1.165, 1.54) is 0 Å². The van der Waals surface area contributed by atoms with E-state index in [-0.39, 0.29) is 17.9 Å². The van der Waals surface area contributed by atoms with Gasteiger partial charge in [0, 0.05) is 23.7 Å². The summed E-state index contributed by atoms with van der Waals surface area (Å²) in [4.78, 5) is 27.2. The average molecular weight is 377 g/mol. The summed E-state index contributed by atoms with van der Waals surface area (Å²) in [5.74, 6) is 0.643. The summed E-state index contributed by atoms with van der Waals surface area (Å²) in [5, 5.41) is 3.76. The molecule has 0 radical (unpaired) electrons. The molecule has 2 amide bonds. The summed E-state index contributed by atoms with van der Waals surface area (Å²) >= 11 is 5.89. The Kier molecular flexibility index (Phi) is 7.27. The summed E-state index contributed by atoms with van der Waals surface area (Å²) in [5.41, 5.74) is 0.906. The molecule has 1 aromatic rings. The lowest BCUT2D eigenvalue weighted by Gasteiger charge is -2.40. The molecule has 2 atom stereocenters. The van der Waals surface area contributed by atoms with Crippen molar-refractivity contribution < 1.29 is 9.59 Å². The molecule has 26 heavy (non-hydrogen) atoms. The van der Waals surface area contributed by atoms with Crippen LogP contribution < -0.4 is 5.32 Å². The van der Waals surface area contributed by atoms with Crippen molar-refractivity contribution in [2.45, 2.75) is 52.6 Å². The molecular formula is C21H29ClN2O2. The summed E-state index contributed by atoms with van der Waals surface area (Å²) in [6, 6.07) is 6.92. The fourth-order valence-electron chi connectivity index (χ4n) is 3.31. The van der Waals surface area contributed by atoms with Crippen molar-refractivity contribution in [3.8, 4) is 0 Å². The fraction of sp³-hybridized carbons (Fsp3) is 0.524. The van der Waals surface area contributed by atoms with Gasteiger partial charge in [0.25, 0.3) is 0 Å². The number of nitrogens with zero attached hydrogens (tertiary/aromatic N) is 1. The van der Waals surface area contributed by atoms with Gasteiger partial charge in [0.1, 0.15) is 6.04 Å². The van der Waals surface area contributed by atoms with Crippen LogP contribution in [0.1, 0.15) is 46.1 Å². The van der Waals surface area contributed by atoms with Gasteiger partial charge in [-0.15, -0.1) is 0 Å². The first-order chi connectivity index (χ1) is 12.3. The normalized spacial score (nSPS) is 20.9. The molecule has 5 heteroatoms. The number of halogens is 1. The van der Waals surface area contributed by atoms with E-state index in [0.29, 0.717) is 29.8 Å². The molecule has 1 aromatic carbocycles. The molecule has 0 spiro atoms. The largest absolute Gasteiger partial charge is 0.350 e. The molecule has 1 saturated heterocycles. The zero-order valence-electron chi connectivity index (χ0n) is 16.0. The van der Waals surface area contributed by atoms with E-state index >= 15 is 0 Å². The highest BCUT2D eigenvalue weighted by atomic mass is 35.5. The van der Waals surface area contributed by atoms with Crippen LogP contribution in [0.15, 0.2) is 30.3 Å². The van der Waals surface area contributed by atoms with E-state index in [4.69, 9.17) is 11.6 Å². The predicted molar refractivity (Wildman–Crippen MR) is 107 cm³/mol. The predicted octanol–water partition coefficient (Wildman–Crippen LogP) is 4.14. The number of benzene rings is 1. The Balaban J connectivity index is 2.16. The minimum Gasteiger partial charge on any atom is -0.350 e. The lowest BCUT2D eigenvalue weighted by Crippen LogP contribution is -2.61. The van der Waals surface area contributed by atoms with Crippen LogP contribution in [0.3, 0.4) is 0 Å². The van der Waals surface area contributed by atoms with Gasteiger partial charge in [-0.25, -0.2) is 0 Å². The summed E-state index contributed by atoms with van der Waals surface area (Å²) in [6.07, 6.45) is 4.86. The molecular weight excluding hydrogens is 348 g/mol. The second-order valence-electron chi connectivity index (χ2n) is 7.86. The molecule has 1 fully saturated rings. The van der Waals surface area contributed by atoms with Crippen LogP contribution in [0.4, 0.5) is 0 Å². The second kappa shape index (κ2) is 9.22. The maximum atomic E-state index is 12.8. The number of rotatable bonds is 6. The van der Waals surface area contributed by atoms with Crippen LogP contribution in [-0.2, 0) is 9.59 Å². The zero-order valence-corrected chi connectivity index (χ0v) is 16.8. The standard InChI is InChI=1S/C21H29ClN2O2/c1-14(2)11-18-13-24(19(12-15(3)4)21(26)23-18)20(25)10-7-16-5-8-17(22)9-6-16/h5-10,14-15,18-19H,11-13H2,1-4H3,(H,23,26)/b10-7+/t18-,19-/m0/s1. The number of amides is 2. The Morgan fingerprint density at radius 1 is 1.19 bits per heavy atom. The van der Waals surface area contributed by atoms with Crippen LogP contribution in [0, 0.1) is 11.8 Å². The molecule has 0 saturated carbocycles. The van der Waals surface area contributed by atoms with E-state index in [0.717, 1.165) is 12.0 Å². The molecule has 1 aliphatic rings. The average Bonchev–Trinajstić information content (AvgIpc) is 2.55. The first kappa shape index (κ1) is 20.5. The minimum atomic E-state index is -0.402. The maximum Gasteiger partial charge on any atom is 0.247 e. The molecule has 1 heterocycles. The van der Waals surface area contributed by atoms with E-state index in [2.05, 4.69) is 33.0 Å². The summed E-state index contributed by atoms with van der Waals surface area (Å²) in [6.45, 7) is 8.95. The maximum absolute atomic E-state index is 12.8. The van der Waals surface area contributed by atoms with Crippen LogP contribution in [-0.4, -0.2) is 35.3 Å². The van der Waals surface area contributed by atoms with Crippen molar-refractivity contribution in [1.29, 1.82) is 0 Å². The van der Waals surface area contributed by atoms with Gasteiger partial charge in [-0.05, 0) is 48.4 Å². The zero-order chi connectivity index (χ0) is 19.3.